The molecule has 0 saturated heterocycles. The Balaban J connectivity index is 3.04. The molecule has 7 nitrogen and oxygen atoms in total. The second kappa shape index (κ2) is 8.11. The van der Waals surface area contributed by atoms with Crippen LogP contribution in [0.4, 0.5) is 0 Å². The third kappa shape index (κ3) is 4.97. The predicted molar refractivity (Wildman–Crippen MR) is 84.2 cm³/mol. The van der Waals surface area contributed by atoms with E-state index in [0.29, 0.717) is 6.54 Å². The van der Waals surface area contributed by atoms with Crippen LogP contribution in [0.5, 0.6) is 5.75 Å². The molecular weight excluding hydrogens is 306 g/mol. The van der Waals surface area contributed by atoms with Gasteiger partial charge in [0.25, 0.3) is 5.91 Å². The van der Waals surface area contributed by atoms with Crippen molar-refractivity contribution in [2.24, 2.45) is 10.9 Å². The van der Waals surface area contributed by atoms with Gasteiger partial charge in [-0.2, -0.15) is 0 Å². The number of hydrogen-bond donors (Lipinski definition) is 3. The van der Waals surface area contributed by atoms with E-state index in [2.05, 4.69) is 5.32 Å². The molecule has 1 unspecified atom stereocenters. The first-order valence-electron chi connectivity index (χ1n) is 7.05. The zero-order chi connectivity index (χ0) is 16.8. The molecule has 0 radical (unpaired) electrons. The van der Waals surface area contributed by atoms with Crippen molar-refractivity contribution in [3.05, 3.63) is 23.8 Å². The average molecular weight is 329 g/mol. The van der Waals surface area contributed by atoms with Crippen molar-refractivity contribution >= 4 is 15.9 Å². The molecular formula is C14H23N3O4S. The molecule has 0 fully saturated rings. The summed E-state index contributed by atoms with van der Waals surface area (Å²) in [6, 6.07) is 3.73. The van der Waals surface area contributed by atoms with E-state index in [4.69, 9.17) is 15.6 Å². The Hall–Kier alpha value is -1.64. The number of carbonyl (C=O) groups excluding carboxylic acids is 1. The molecule has 0 aliphatic heterocycles. The van der Waals surface area contributed by atoms with E-state index in [1.165, 1.54) is 25.3 Å². The molecule has 0 aliphatic rings. The highest BCUT2D eigenvalue weighted by atomic mass is 32.2. The van der Waals surface area contributed by atoms with E-state index < -0.39 is 15.9 Å². The Bertz CT molecular complexity index is 617. The lowest BCUT2D eigenvalue weighted by atomic mass is 10.1. The van der Waals surface area contributed by atoms with Crippen molar-refractivity contribution in [2.45, 2.75) is 37.1 Å². The van der Waals surface area contributed by atoms with Crippen LogP contribution >= 0.6 is 0 Å². The van der Waals surface area contributed by atoms with Crippen molar-refractivity contribution in [1.29, 1.82) is 0 Å². The Morgan fingerprint density at radius 3 is 2.59 bits per heavy atom. The molecule has 1 amide bonds. The Morgan fingerprint density at radius 2 is 2.09 bits per heavy atom. The molecule has 1 rings (SSSR count). The normalized spacial score (nSPS) is 12.7. The number of ether oxygens (including phenoxy) is 1. The summed E-state index contributed by atoms with van der Waals surface area (Å²) < 4.78 is 27.9. The highest BCUT2D eigenvalue weighted by Crippen LogP contribution is 2.22. The molecule has 0 spiro atoms. The smallest absolute Gasteiger partial charge is 0.255 e. The van der Waals surface area contributed by atoms with Crippen LogP contribution in [0, 0.1) is 0 Å². The van der Waals surface area contributed by atoms with E-state index in [1.54, 1.807) is 0 Å². The first-order chi connectivity index (χ1) is 10.3. The molecule has 0 bridgehead atoms. The van der Waals surface area contributed by atoms with Crippen molar-refractivity contribution in [1.82, 2.24) is 5.32 Å². The van der Waals surface area contributed by atoms with Gasteiger partial charge in [0.1, 0.15) is 5.75 Å². The van der Waals surface area contributed by atoms with Crippen LogP contribution in [0.2, 0.25) is 0 Å². The third-order valence-corrected chi connectivity index (χ3v) is 4.18. The molecule has 0 aromatic heterocycles. The molecule has 1 aromatic carbocycles. The molecule has 8 heteroatoms. The number of carbonyl (C=O) groups is 1. The highest BCUT2D eigenvalue weighted by Gasteiger charge is 2.19. The molecule has 124 valence electrons. The number of benzene rings is 1. The fourth-order valence-corrected chi connectivity index (χ4v) is 2.54. The number of rotatable bonds is 8. The van der Waals surface area contributed by atoms with E-state index in [-0.39, 0.29) is 22.3 Å². The third-order valence-electron chi connectivity index (χ3n) is 3.27. The number of methoxy groups -OCH3 is 1. The zero-order valence-corrected chi connectivity index (χ0v) is 13.7. The number of primary sulfonamides is 1. The maximum absolute atomic E-state index is 12.4. The first-order valence-corrected chi connectivity index (χ1v) is 8.59. The topological polar surface area (TPSA) is 125 Å². The highest BCUT2D eigenvalue weighted by molar-refractivity contribution is 7.89. The summed E-state index contributed by atoms with van der Waals surface area (Å²) in [5, 5.41) is 7.88. The van der Waals surface area contributed by atoms with Crippen LogP contribution in [-0.2, 0) is 10.0 Å². The second-order valence-corrected chi connectivity index (χ2v) is 6.52. The summed E-state index contributed by atoms with van der Waals surface area (Å²) >= 11 is 0. The fourth-order valence-electron chi connectivity index (χ4n) is 2.00. The van der Waals surface area contributed by atoms with Crippen molar-refractivity contribution in [2.75, 3.05) is 13.7 Å². The summed E-state index contributed by atoms with van der Waals surface area (Å²) in [6.07, 6.45) is 2.70. The van der Waals surface area contributed by atoms with Crippen LogP contribution in [0.25, 0.3) is 0 Å². The maximum Gasteiger partial charge on any atom is 0.255 e. The van der Waals surface area contributed by atoms with Gasteiger partial charge in [-0.1, -0.05) is 19.8 Å². The van der Waals surface area contributed by atoms with Gasteiger partial charge in [0.2, 0.25) is 10.0 Å². The molecule has 1 atom stereocenters. The predicted octanol–water partition coefficient (Wildman–Crippen LogP) is 0.590. The van der Waals surface area contributed by atoms with Gasteiger partial charge in [0.05, 0.1) is 17.6 Å². The summed E-state index contributed by atoms with van der Waals surface area (Å²) in [7, 11) is -2.49. The van der Waals surface area contributed by atoms with Crippen molar-refractivity contribution in [3.63, 3.8) is 0 Å². The lowest BCUT2D eigenvalue weighted by molar-refractivity contribution is 0.0932. The van der Waals surface area contributed by atoms with Crippen LogP contribution in [-0.4, -0.2) is 34.0 Å². The van der Waals surface area contributed by atoms with Crippen LogP contribution in [0.1, 0.15) is 36.5 Å². The Labute approximate surface area is 131 Å². The van der Waals surface area contributed by atoms with E-state index in [1.807, 2.05) is 6.92 Å². The molecule has 0 aliphatic carbocycles. The quantitative estimate of drug-likeness (QED) is 0.644. The maximum atomic E-state index is 12.4. The monoisotopic (exact) mass is 329 g/mol. The van der Waals surface area contributed by atoms with E-state index in [0.717, 1.165) is 19.3 Å². The van der Waals surface area contributed by atoms with Gasteiger partial charge in [0, 0.05) is 12.6 Å². The lowest BCUT2D eigenvalue weighted by Gasteiger charge is -2.18. The van der Waals surface area contributed by atoms with E-state index in [9.17, 15) is 13.2 Å². The Kier molecular flexibility index (Phi) is 6.79. The molecule has 0 saturated carbocycles. The van der Waals surface area contributed by atoms with Crippen LogP contribution in [0.3, 0.4) is 0 Å². The molecule has 22 heavy (non-hydrogen) atoms. The summed E-state index contributed by atoms with van der Waals surface area (Å²) in [4.78, 5) is 12.2. The van der Waals surface area contributed by atoms with Crippen LogP contribution < -0.4 is 20.9 Å². The minimum Gasteiger partial charge on any atom is -0.496 e. The molecule has 1 aromatic rings. The number of nitrogens with one attached hydrogen (secondary N) is 1. The van der Waals surface area contributed by atoms with Gasteiger partial charge in [0.15, 0.2) is 0 Å². The summed E-state index contributed by atoms with van der Waals surface area (Å²) in [6.45, 7) is 2.36. The Morgan fingerprint density at radius 1 is 1.41 bits per heavy atom. The SMILES string of the molecule is CCCCC(CN)NC(=O)c1cc(S(N)(=O)=O)ccc1OC. The van der Waals surface area contributed by atoms with Gasteiger partial charge >= 0.3 is 0 Å². The standard InChI is InChI=1S/C14H23N3O4S/c1-3-4-5-10(9-15)17-14(18)12-8-11(22(16,19)20)6-7-13(12)21-2/h6-8,10H,3-5,9,15H2,1-2H3,(H,17,18)(H2,16,19,20). The van der Waals surface area contributed by atoms with Crippen molar-refractivity contribution in [3.8, 4) is 5.75 Å². The number of unbranched alkanes of at least 4 members (excludes halogenated alkanes) is 1. The fraction of sp³-hybridized carbons (Fsp3) is 0.500. The van der Waals surface area contributed by atoms with Gasteiger partial charge in [-0.15, -0.1) is 0 Å². The summed E-state index contributed by atoms with van der Waals surface area (Å²) in [5.41, 5.74) is 5.76. The minimum atomic E-state index is -3.89. The largest absolute Gasteiger partial charge is 0.496 e. The second-order valence-electron chi connectivity index (χ2n) is 4.96. The lowest BCUT2D eigenvalue weighted by Crippen LogP contribution is -2.40. The zero-order valence-electron chi connectivity index (χ0n) is 12.8. The van der Waals surface area contributed by atoms with Gasteiger partial charge in [-0.3, -0.25) is 4.79 Å². The molecule has 5 N–H and O–H groups in total. The number of hydrogen-bond acceptors (Lipinski definition) is 5. The number of nitrogens with two attached hydrogens (primary N) is 2. The van der Waals surface area contributed by atoms with Crippen LogP contribution in [0.15, 0.2) is 23.1 Å². The van der Waals surface area contributed by atoms with E-state index >= 15 is 0 Å². The summed E-state index contributed by atoms with van der Waals surface area (Å²) in [5.74, 6) is -0.162. The molecule has 0 heterocycles. The van der Waals surface area contributed by atoms with Gasteiger partial charge < -0.3 is 15.8 Å². The van der Waals surface area contributed by atoms with Gasteiger partial charge in [-0.05, 0) is 24.6 Å². The first kappa shape index (κ1) is 18.4. The average Bonchev–Trinajstić information content (AvgIpc) is 2.49. The minimum absolute atomic E-state index is 0.115. The number of sulfonamides is 1. The van der Waals surface area contributed by atoms with Gasteiger partial charge in [-0.25, -0.2) is 13.6 Å². The number of amides is 1. The van der Waals surface area contributed by atoms with Crippen molar-refractivity contribution < 1.29 is 17.9 Å².